The molecule has 2 rings (SSSR count). The molecule has 1 aromatic rings. The summed E-state index contributed by atoms with van der Waals surface area (Å²) in [6, 6.07) is 9.98. The van der Waals surface area contributed by atoms with Crippen molar-refractivity contribution < 1.29 is 9.53 Å². The fraction of sp³-hybridized carbons (Fsp3) is 0.500. The second-order valence-corrected chi connectivity index (χ2v) is 5.17. The van der Waals surface area contributed by atoms with Gasteiger partial charge in [0.25, 0.3) is 0 Å². The van der Waals surface area contributed by atoms with Crippen LogP contribution < -0.4 is 5.32 Å². The van der Waals surface area contributed by atoms with Gasteiger partial charge in [-0.25, -0.2) is 0 Å². The van der Waals surface area contributed by atoms with Crippen molar-refractivity contribution in [2.45, 2.75) is 32.6 Å². The van der Waals surface area contributed by atoms with E-state index in [2.05, 4.69) is 18.3 Å². The summed E-state index contributed by atoms with van der Waals surface area (Å²) in [7, 11) is 0. The summed E-state index contributed by atoms with van der Waals surface area (Å²) in [5.74, 6) is -0.202. The van der Waals surface area contributed by atoms with Gasteiger partial charge in [0, 0.05) is 18.9 Å². The first-order valence-corrected chi connectivity index (χ1v) is 7.10. The summed E-state index contributed by atoms with van der Waals surface area (Å²) in [6.07, 6.45) is 2.86. The number of carbonyl (C=O) groups is 1. The van der Waals surface area contributed by atoms with Gasteiger partial charge in [0.1, 0.15) is 5.41 Å². The Balaban J connectivity index is 2.17. The second kappa shape index (κ2) is 6.53. The Morgan fingerprint density at radius 3 is 2.75 bits per heavy atom. The number of nitriles is 1. The van der Waals surface area contributed by atoms with Gasteiger partial charge < -0.3 is 10.1 Å². The number of hydrogen-bond donors (Lipinski definition) is 1. The Morgan fingerprint density at radius 1 is 1.40 bits per heavy atom. The topological polar surface area (TPSA) is 62.1 Å². The van der Waals surface area contributed by atoms with Crippen molar-refractivity contribution in [3.8, 4) is 6.07 Å². The van der Waals surface area contributed by atoms with Gasteiger partial charge in [0.15, 0.2) is 0 Å². The first-order chi connectivity index (χ1) is 9.72. The van der Waals surface area contributed by atoms with Crippen LogP contribution in [-0.4, -0.2) is 19.1 Å². The van der Waals surface area contributed by atoms with Crippen molar-refractivity contribution in [3.05, 3.63) is 29.8 Å². The van der Waals surface area contributed by atoms with E-state index in [1.165, 1.54) is 0 Å². The van der Waals surface area contributed by atoms with Crippen LogP contribution in [0.3, 0.4) is 0 Å². The minimum atomic E-state index is -0.947. The molecule has 1 aliphatic rings. The molecule has 20 heavy (non-hydrogen) atoms. The highest BCUT2D eigenvalue weighted by molar-refractivity contribution is 5.97. The van der Waals surface area contributed by atoms with Crippen LogP contribution in [0.5, 0.6) is 0 Å². The highest BCUT2D eigenvalue weighted by Crippen LogP contribution is 2.31. The fourth-order valence-electron chi connectivity index (χ4n) is 2.48. The number of amides is 1. The van der Waals surface area contributed by atoms with Crippen molar-refractivity contribution in [2.75, 3.05) is 18.5 Å². The molecule has 1 N–H and O–H groups in total. The van der Waals surface area contributed by atoms with E-state index in [9.17, 15) is 10.1 Å². The molecule has 0 unspecified atom stereocenters. The average Bonchev–Trinajstić information content (AvgIpc) is 2.50. The van der Waals surface area contributed by atoms with Crippen LogP contribution in [0.4, 0.5) is 5.69 Å². The van der Waals surface area contributed by atoms with Gasteiger partial charge in [0.2, 0.25) is 5.91 Å². The van der Waals surface area contributed by atoms with Gasteiger partial charge in [0.05, 0.1) is 6.07 Å². The van der Waals surface area contributed by atoms with Gasteiger partial charge >= 0.3 is 0 Å². The molecular formula is C16H20N2O2. The number of nitrogens with zero attached hydrogens (tertiary/aromatic N) is 1. The molecular weight excluding hydrogens is 252 g/mol. The monoisotopic (exact) mass is 272 g/mol. The van der Waals surface area contributed by atoms with Crippen molar-refractivity contribution in [2.24, 2.45) is 5.41 Å². The van der Waals surface area contributed by atoms with E-state index < -0.39 is 5.41 Å². The highest BCUT2D eigenvalue weighted by Gasteiger charge is 2.40. The third-order valence-electron chi connectivity index (χ3n) is 3.78. The molecule has 1 aliphatic heterocycles. The van der Waals surface area contributed by atoms with E-state index in [1.54, 1.807) is 0 Å². The quantitative estimate of drug-likeness (QED) is 0.916. The molecule has 1 fully saturated rings. The Labute approximate surface area is 119 Å². The molecule has 4 heteroatoms. The predicted octanol–water partition coefficient (Wildman–Crippen LogP) is 2.90. The van der Waals surface area contributed by atoms with Gasteiger partial charge in [-0.2, -0.15) is 5.26 Å². The maximum atomic E-state index is 12.5. The summed E-state index contributed by atoms with van der Waals surface area (Å²) in [5, 5.41) is 12.3. The molecule has 106 valence electrons. The minimum absolute atomic E-state index is 0.202. The van der Waals surface area contributed by atoms with Crippen molar-refractivity contribution >= 4 is 11.6 Å². The SMILES string of the molecule is CCCc1ccccc1NC(=O)C1(C#N)CCOCC1. The maximum Gasteiger partial charge on any atom is 0.245 e. The van der Waals surface area contributed by atoms with E-state index in [0.29, 0.717) is 26.1 Å². The molecule has 0 aliphatic carbocycles. The number of nitrogens with one attached hydrogen (secondary N) is 1. The van der Waals surface area contributed by atoms with Crippen LogP contribution >= 0.6 is 0 Å². The number of hydrogen-bond acceptors (Lipinski definition) is 3. The minimum Gasteiger partial charge on any atom is -0.381 e. The third kappa shape index (κ3) is 3.00. The van der Waals surface area contributed by atoms with Gasteiger partial charge in [-0.3, -0.25) is 4.79 Å². The molecule has 4 nitrogen and oxygen atoms in total. The molecule has 0 saturated carbocycles. The lowest BCUT2D eigenvalue weighted by molar-refractivity contribution is -0.126. The number of ether oxygens (including phenoxy) is 1. The zero-order chi connectivity index (χ0) is 14.4. The largest absolute Gasteiger partial charge is 0.381 e. The number of anilines is 1. The summed E-state index contributed by atoms with van der Waals surface area (Å²) in [6.45, 7) is 3.04. The summed E-state index contributed by atoms with van der Waals surface area (Å²) in [5.41, 5.74) is 0.987. The lowest BCUT2D eigenvalue weighted by atomic mass is 9.80. The van der Waals surface area contributed by atoms with E-state index in [4.69, 9.17) is 4.74 Å². The Morgan fingerprint density at radius 2 is 2.10 bits per heavy atom. The molecule has 0 bridgehead atoms. The molecule has 0 spiro atoms. The van der Waals surface area contributed by atoms with Crippen LogP contribution in [0.25, 0.3) is 0 Å². The Hall–Kier alpha value is -1.86. The normalized spacial score (nSPS) is 17.2. The number of para-hydroxylation sites is 1. The van der Waals surface area contributed by atoms with Gasteiger partial charge in [-0.05, 0) is 30.9 Å². The molecule has 0 radical (unpaired) electrons. The zero-order valence-corrected chi connectivity index (χ0v) is 11.8. The fourth-order valence-corrected chi connectivity index (χ4v) is 2.48. The Kier molecular flexibility index (Phi) is 4.75. The standard InChI is InChI=1S/C16H20N2O2/c1-2-5-13-6-3-4-7-14(13)18-15(19)16(12-17)8-10-20-11-9-16/h3-4,6-7H,2,5,8-11H2,1H3,(H,18,19). The predicted molar refractivity (Wildman–Crippen MR) is 77.2 cm³/mol. The third-order valence-corrected chi connectivity index (χ3v) is 3.78. The molecule has 1 aromatic carbocycles. The molecule has 1 amide bonds. The zero-order valence-electron chi connectivity index (χ0n) is 11.8. The van der Waals surface area contributed by atoms with E-state index in [-0.39, 0.29) is 5.91 Å². The smallest absolute Gasteiger partial charge is 0.245 e. The average molecular weight is 272 g/mol. The first-order valence-electron chi connectivity index (χ1n) is 7.10. The van der Waals surface area contributed by atoms with E-state index in [0.717, 1.165) is 24.1 Å². The number of rotatable bonds is 4. The maximum absolute atomic E-state index is 12.5. The molecule has 0 atom stereocenters. The summed E-state index contributed by atoms with van der Waals surface area (Å²) in [4.78, 5) is 12.5. The van der Waals surface area contributed by atoms with Crippen LogP contribution in [0.1, 0.15) is 31.7 Å². The van der Waals surface area contributed by atoms with E-state index >= 15 is 0 Å². The van der Waals surface area contributed by atoms with Crippen molar-refractivity contribution in [1.29, 1.82) is 5.26 Å². The second-order valence-electron chi connectivity index (χ2n) is 5.17. The lowest BCUT2D eigenvalue weighted by Crippen LogP contribution is -2.40. The number of benzene rings is 1. The summed E-state index contributed by atoms with van der Waals surface area (Å²) >= 11 is 0. The molecule has 1 heterocycles. The van der Waals surface area contributed by atoms with Crippen LogP contribution in [-0.2, 0) is 16.0 Å². The highest BCUT2D eigenvalue weighted by atomic mass is 16.5. The number of aryl methyl sites for hydroxylation is 1. The van der Waals surface area contributed by atoms with Crippen molar-refractivity contribution in [3.63, 3.8) is 0 Å². The van der Waals surface area contributed by atoms with Crippen molar-refractivity contribution in [1.82, 2.24) is 0 Å². The first kappa shape index (κ1) is 14.5. The summed E-state index contributed by atoms with van der Waals surface area (Å²) < 4.78 is 5.26. The van der Waals surface area contributed by atoms with Gasteiger partial charge in [-0.15, -0.1) is 0 Å². The molecule has 0 aromatic heterocycles. The van der Waals surface area contributed by atoms with Crippen LogP contribution in [0.2, 0.25) is 0 Å². The lowest BCUT2D eigenvalue weighted by Gasteiger charge is -2.29. The van der Waals surface area contributed by atoms with Gasteiger partial charge in [-0.1, -0.05) is 31.5 Å². The van der Waals surface area contributed by atoms with E-state index in [1.807, 2.05) is 24.3 Å². The number of carbonyl (C=O) groups excluding carboxylic acids is 1. The Bertz CT molecular complexity index is 513. The molecule has 1 saturated heterocycles. The van der Waals surface area contributed by atoms with Crippen LogP contribution in [0, 0.1) is 16.7 Å². The van der Waals surface area contributed by atoms with Crippen LogP contribution in [0.15, 0.2) is 24.3 Å².